The van der Waals surface area contributed by atoms with Gasteiger partial charge in [-0.1, -0.05) is 18.2 Å². The van der Waals surface area contributed by atoms with Gasteiger partial charge in [-0.25, -0.2) is 0 Å². The number of hydrogen-bond donors (Lipinski definition) is 0. The summed E-state index contributed by atoms with van der Waals surface area (Å²) in [4.78, 5) is 18.1. The van der Waals surface area contributed by atoms with E-state index in [4.69, 9.17) is 33.4 Å². The number of fused-ring (bicyclic) bond motifs is 6. The molecule has 0 aliphatic carbocycles. The quantitative estimate of drug-likeness (QED) is 0.189. The molecule has 0 spiro atoms. The maximum Gasteiger partial charge on any atom is 3.00 e. The number of nitrogens with zero attached hydrogens (tertiary/aromatic N) is 6. The van der Waals surface area contributed by atoms with Crippen LogP contribution in [-0.4, -0.2) is 15.0 Å². The summed E-state index contributed by atoms with van der Waals surface area (Å²) >= 11 is 0. The molecular formula is C33H17F2IrN6. The largest absolute Gasteiger partial charge is 3.00 e. The molecule has 5 aromatic rings. The van der Waals surface area contributed by atoms with Crippen LogP contribution in [0.2, 0.25) is 0 Å². The fourth-order valence-corrected chi connectivity index (χ4v) is 4.90. The summed E-state index contributed by atoms with van der Waals surface area (Å²) in [5, 5.41) is 15.7. The van der Waals surface area contributed by atoms with Crippen molar-refractivity contribution in [1.29, 1.82) is 10.5 Å². The second-order valence-corrected chi connectivity index (χ2v) is 9.13. The van der Waals surface area contributed by atoms with Gasteiger partial charge in [0, 0.05) is 41.3 Å². The van der Waals surface area contributed by atoms with Crippen LogP contribution in [0.5, 0.6) is 0 Å². The summed E-state index contributed by atoms with van der Waals surface area (Å²) in [5.74, 6) is -2.37. The van der Waals surface area contributed by atoms with Crippen LogP contribution in [0.1, 0.15) is 62.7 Å². The molecule has 0 radical (unpaired) electrons. The number of aromatic nitrogens is 3. The molecular weight excluding hydrogens is 711 g/mol. The molecule has 1 aliphatic rings. The Hall–Kier alpha value is -5.13. The van der Waals surface area contributed by atoms with Gasteiger partial charge in [-0.15, -0.1) is 17.7 Å². The molecule has 0 saturated heterocycles. The van der Waals surface area contributed by atoms with E-state index in [0.717, 1.165) is 17.5 Å². The van der Waals surface area contributed by atoms with Crippen molar-refractivity contribution in [2.24, 2.45) is 0 Å². The number of pyridine rings is 3. The maximum atomic E-state index is 14.2. The zero-order chi connectivity index (χ0) is 28.9. The zero-order valence-electron chi connectivity index (χ0n) is 21.6. The molecule has 1 aliphatic heterocycles. The average molecular weight is 728 g/mol. The minimum Gasteiger partial charge on any atom is -0.512 e. The summed E-state index contributed by atoms with van der Waals surface area (Å²) in [6.07, 6.45) is 0.458. The molecule has 2 atom stereocenters. The smallest absolute Gasteiger partial charge is 0.512 e. The molecule has 9 heteroatoms. The van der Waals surface area contributed by atoms with Crippen LogP contribution in [-0.2, 0) is 26.5 Å². The Morgan fingerprint density at radius 3 is 1.76 bits per heavy atom. The van der Waals surface area contributed by atoms with Crippen molar-refractivity contribution >= 4 is 5.69 Å². The van der Waals surface area contributed by atoms with Crippen molar-refractivity contribution in [3.63, 3.8) is 0 Å². The molecule has 6 nitrogen and oxygen atoms in total. The van der Waals surface area contributed by atoms with Gasteiger partial charge in [0.25, 0.3) is 0 Å². The van der Waals surface area contributed by atoms with Gasteiger partial charge in [0.05, 0.1) is 35.4 Å². The molecule has 2 unspecified atom stereocenters. The molecule has 202 valence electrons. The number of nitriles is 1. The molecule has 0 saturated carbocycles. The van der Waals surface area contributed by atoms with E-state index in [1.165, 1.54) is 18.2 Å². The molecule has 6 rings (SSSR count). The first-order valence-electron chi connectivity index (χ1n) is 12.3. The van der Waals surface area contributed by atoms with Crippen molar-refractivity contribution in [2.45, 2.75) is 18.3 Å². The Morgan fingerprint density at radius 1 is 0.762 bits per heavy atom. The first kappa shape index (κ1) is 29.8. The Morgan fingerprint density at radius 2 is 1.24 bits per heavy atom. The first-order chi connectivity index (χ1) is 20.0. The summed E-state index contributed by atoms with van der Waals surface area (Å²) in [5.41, 5.74) is 5.03. The van der Waals surface area contributed by atoms with Crippen LogP contribution in [0.4, 0.5) is 14.5 Å². The number of rotatable bonds is 2. The third-order valence-electron chi connectivity index (χ3n) is 6.68. The van der Waals surface area contributed by atoms with E-state index in [9.17, 15) is 14.0 Å². The first-order valence-corrected chi connectivity index (χ1v) is 12.3. The van der Waals surface area contributed by atoms with E-state index < -0.39 is 23.5 Å². The maximum absolute atomic E-state index is 14.2. The van der Waals surface area contributed by atoms with Gasteiger partial charge < -0.3 is 11.8 Å². The van der Waals surface area contributed by atoms with Crippen molar-refractivity contribution in [3.05, 3.63) is 171 Å². The summed E-state index contributed by atoms with van der Waals surface area (Å²) < 4.78 is 28.5. The number of hydrogen-bond acceptors (Lipinski definition) is 5. The van der Waals surface area contributed by atoms with Crippen molar-refractivity contribution in [3.8, 4) is 6.07 Å². The van der Waals surface area contributed by atoms with Crippen molar-refractivity contribution in [2.75, 3.05) is 0 Å². The van der Waals surface area contributed by atoms with Gasteiger partial charge in [-0.3, -0.25) is 28.6 Å². The third-order valence-corrected chi connectivity index (χ3v) is 6.68. The second-order valence-electron chi connectivity index (χ2n) is 9.13. The van der Waals surface area contributed by atoms with Gasteiger partial charge in [0.2, 0.25) is 0 Å². The minimum atomic E-state index is -0.648. The fraction of sp³-hybridized carbons (Fsp3) is 0.0909. The van der Waals surface area contributed by atoms with Gasteiger partial charge >= 0.3 is 20.1 Å². The monoisotopic (exact) mass is 728 g/mol. The molecule has 0 N–H and O–H groups in total. The number of benzene rings is 2. The number of halogens is 2. The molecule has 4 heterocycles. The molecule has 2 aromatic carbocycles. The fourth-order valence-electron chi connectivity index (χ4n) is 4.90. The van der Waals surface area contributed by atoms with E-state index >= 15 is 0 Å². The standard InChI is InChI=1S/C32H17F2N5.CN.Ir/c1-36-30-16-20(12-14-25(30)34)32-27-8-3-6-23(38-27)17-22-5-2-7-26(37-22)31(28-9-4-10-29(32)39-28)19-11-13-24(33)21(15-19)18-35;1-2;/h2-10,13-16,31-32H,17H2;;/q-2;-1;+3. The van der Waals surface area contributed by atoms with Crippen LogP contribution in [0, 0.1) is 53.5 Å². The van der Waals surface area contributed by atoms with Crippen LogP contribution in [0.3, 0.4) is 0 Å². The molecule has 6 bridgehead atoms. The molecule has 42 heavy (non-hydrogen) atoms. The average Bonchev–Trinajstić information content (AvgIpc) is 3.00. The van der Waals surface area contributed by atoms with Crippen LogP contribution < -0.4 is 0 Å². The SMILES string of the molecule is [C-]#N.[C-]#[N+]c1cc(C2c3cccc(n3)Cc3cccc(n3)C(c3[c-]cc(F)c(C#N)c3)c3cccc2n3)[c-]cc1F.[Ir+3]. The topological polar surface area (TPSA) is 90.6 Å². The molecule has 0 amide bonds. The third kappa shape index (κ3) is 5.82. The molecule has 0 fully saturated rings. The summed E-state index contributed by atoms with van der Waals surface area (Å²) in [6, 6.07) is 30.1. The zero-order valence-corrected chi connectivity index (χ0v) is 24.0. The van der Waals surface area contributed by atoms with E-state index in [1.54, 1.807) is 0 Å². The van der Waals surface area contributed by atoms with Gasteiger partial charge in [0.15, 0.2) is 0 Å². The van der Waals surface area contributed by atoms with E-state index in [1.807, 2.05) is 60.7 Å². The normalized spacial score (nSPS) is 14.7. The van der Waals surface area contributed by atoms with Gasteiger partial charge in [0.1, 0.15) is 5.69 Å². The van der Waals surface area contributed by atoms with E-state index in [0.29, 0.717) is 40.3 Å². The Bertz CT molecular complexity index is 1750. The minimum absolute atomic E-state index is 0. The van der Waals surface area contributed by atoms with Crippen LogP contribution in [0.25, 0.3) is 4.85 Å². The van der Waals surface area contributed by atoms with Crippen LogP contribution >= 0.6 is 0 Å². The predicted octanol–water partition coefficient (Wildman–Crippen LogP) is 6.53. The summed E-state index contributed by atoms with van der Waals surface area (Å²) in [6.45, 7) is 12.1. The Labute approximate surface area is 255 Å². The van der Waals surface area contributed by atoms with Crippen molar-refractivity contribution in [1.82, 2.24) is 15.0 Å². The van der Waals surface area contributed by atoms with E-state index in [-0.39, 0.29) is 31.4 Å². The Kier molecular flexibility index (Phi) is 9.25. The molecule has 3 aromatic heterocycles. The van der Waals surface area contributed by atoms with E-state index in [2.05, 4.69) is 17.0 Å². The van der Waals surface area contributed by atoms with Crippen LogP contribution in [0.15, 0.2) is 78.9 Å². The van der Waals surface area contributed by atoms with Gasteiger partial charge in [-0.2, -0.15) is 35.1 Å². The summed E-state index contributed by atoms with van der Waals surface area (Å²) in [7, 11) is 0. The Balaban J connectivity index is 0.00000132. The van der Waals surface area contributed by atoms with Crippen molar-refractivity contribution < 1.29 is 28.9 Å². The van der Waals surface area contributed by atoms with Gasteiger partial charge in [-0.05, 0) is 42.0 Å². The second kappa shape index (κ2) is 13.0. The predicted molar refractivity (Wildman–Crippen MR) is 144 cm³/mol.